The highest BCUT2D eigenvalue weighted by molar-refractivity contribution is 7.86. The van der Waals surface area contributed by atoms with Crippen LogP contribution >= 0.6 is 0 Å². The molecule has 0 bridgehead atoms. The zero-order valence-electron chi connectivity index (χ0n) is 13.3. The summed E-state index contributed by atoms with van der Waals surface area (Å²) in [5.41, 5.74) is -2.11. The SMILES string of the molecule is CN1CCN(C(=O)CS(=O)c2ccc(C(F)(F)F)cc2[N+](=O)[O-])CC1. The monoisotopic (exact) mass is 379 g/mol. The summed E-state index contributed by atoms with van der Waals surface area (Å²) < 4.78 is 50.4. The third kappa shape index (κ3) is 4.75. The molecule has 1 unspecified atom stereocenters. The lowest BCUT2D eigenvalue weighted by atomic mass is 10.2. The largest absolute Gasteiger partial charge is 0.416 e. The van der Waals surface area contributed by atoms with Crippen LogP contribution in [0.15, 0.2) is 23.1 Å². The topological polar surface area (TPSA) is 83.8 Å². The summed E-state index contributed by atoms with van der Waals surface area (Å²) in [5.74, 6) is -0.948. The number of nitrogens with zero attached hydrogens (tertiary/aromatic N) is 3. The Balaban J connectivity index is 2.18. The number of hydrogen-bond acceptors (Lipinski definition) is 5. The number of likely N-dealkylation sites (N-methyl/N-ethyl adjacent to an activating group) is 1. The first-order valence-electron chi connectivity index (χ1n) is 7.30. The predicted octanol–water partition coefficient (Wildman–Crippen LogP) is 1.50. The van der Waals surface area contributed by atoms with E-state index >= 15 is 0 Å². The van der Waals surface area contributed by atoms with Gasteiger partial charge in [0, 0.05) is 32.2 Å². The minimum atomic E-state index is -4.75. The van der Waals surface area contributed by atoms with Crippen molar-refractivity contribution in [2.24, 2.45) is 0 Å². The fourth-order valence-electron chi connectivity index (χ4n) is 2.37. The molecule has 0 aromatic heterocycles. The third-order valence-corrected chi connectivity index (χ3v) is 5.18. The molecule has 0 aliphatic carbocycles. The highest BCUT2D eigenvalue weighted by Crippen LogP contribution is 2.34. The van der Waals surface area contributed by atoms with E-state index in [9.17, 15) is 32.3 Å². The summed E-state index contributed by atoms with van der Waals surface area (Å²) in [6.07, 6.45) is -4.75. The van der Waals surface area contributed by atoms with Gasteiger partial charge in [0.05, 0.1) is 21.3 Å². The van der Waals surface area contributed by atoms with Gasteiger partial charge in [-0.3, -0.25) is 19.1 Å². The number of hydrogen-bond donors (Lipinski definition) is 0. The minimum absolute atomic E-state index is 0.341. The molecule has 1 atom stereocenters. The summed E-state index contributed by atoms with van der Waals surface area (Å²) >= 11 is 0. The fraction of sp³-hybridized carbons (Fsp3) is 0.500. The average molecular weight is 379 g/mol. The molecular weight excluding hydrogens is 363 g/mol. The number of benzene rings is 1. The molecular formula is C14H16F3N3O4S. The van der Waals surface area contributed by atoms with Crippen molar-refractivity contribution in [3.8, 4) is 0 Å². The van der Waals surface area contributed by atoms with Crippen LogP contribution in [-0.4, -0.2) is 63.8 Å². The first-order valence-corrected chi connectivity index (χ1v) is 8.62. The summed E-state index contributed by atoms with van der Waals surface area (Å²) in [5, 5.41) is 11.0. The van der Waals surface area contributed by atoms with Gasteiger partial charge in [-0.05, 0) is 19.2 Å². The standard InChI is InChI=1S/C14H16F3N3O4S/c1-18-4-6-19(7-5-18)13(21)9-25(24)12-3-2-10(14(15,16)17)8-11(12)20(22)23/h2-3,8H,4-7,9H2,1H3. The van der Waals surface area contributed by atoms with E-state index in [4.69, 9.17) is 0 Å². The van der Waals surface area contributed by atoms with E-state index in [2.05, 4.69) is 0 Å². The zero-order chi connectivity index (χ0) is 18.8. The lowest BCUT2D eigenvalue weighted by Gasteiger charge is -2.32. The summed E-state index contributed by atoms with van der Waals surface area (Å²) in [6, 6.07) is 1.77. The van der Waals surface area contributed by atoms with Gasteiger partial charge >= 0.3 is 6.18 Å². The van der Waals surface area contributed by atoms with Crippen LogP contribution in [0.2, 0.25) is 0 Å². The van der Waals surface area contributed by atoms with Crippen molar-refractivity contribution in [1.82, 2.24) is 9.80 Å². The molecule has 0 saturated carbocycles. The normalized spacial score (nSPS) is 17.4. The van der Waals surface area contributed by atoms with Crippen LogP contribution in [0.1, 0.15) is 5.56 Å². The Bertz CT molecular complexity index is 703. The number of piperazine rings is 1. The minimum Gasteiger partial charge on any atom is -0.339 e. The van der Waals surface area contributed by atoms with Gasteiger partial charge in [-0.25, -0.2) is 0 Å². The lowest BCUT2D eigenvalue weighted by molar-refractivity contribution is -0.388. The molecule has 1 fully saturated rings. The number of rotatable bonds is 4. The Morgan fingerprint density at radius 3 is 2.40 bits per heavy atom. The molecule has 7 nitrogen and oxygen atoms in total. The molecule has 0 spiro atoms. The molecule has 1 aromatic rings. The molecule has 0 N–H and O–H groups in total. The smallest absolute Gasteiger partial charge is 0.339 e. The van der Waals surface area contributed by atoms with E-state index in [0.717, 1.165) is 6.07 Å². The van der Waals surface area contributed by atoms with E-state index in [0.29, 0.717) is 38.3 Å². The van der Waals surface area contributed by atoms with Crippen LogP contribution in [-0.2, 0) is 21.8 Å². The molecule has 2 rings (SSSR count). The Morgan fingerprint density at radius 2 is 1.88 bits per heavy atom. The van der Waals surface area contributed by atoms with Gasteiger partial charge in [0.2, 0.25) is 5.91 Å². The number of amides is 1. The predicted molar refractivity (Wildman–Crippen MR) is 83.5 cm³/mol. The third-order valence-electron chi connectivity index (χ3n) is 3.84. The zero-order valence-corrected chi connectivity index (χ0v) is 14.1. The van der Waals surface area contributed by atoms with Gasteiger partial charge in [0.25, 0.3) is 5.69 Å². The molecule has 138 valence electrons. The van der Waals surface area contributed by atoms with Crippen LogP contribution in [0.4, 0.5) is 18.9 Å². The lowest BCUT2D eigenvalue weighted by Crippen LogP contribution is -2.48. The maximum Gasteiger partial charge on any atom is 0.416 e. The van der Waals surface area contributed by atoms with Crippen LogP contribution in [0.25, 0.3) is 0 Å². The number of nitro benzene ring substituents is 1. The molecule has 11 heteroatoms. The average Bonchev–Trinajstić information content (AvgIpc) is 2.53. The number of carbonyl (C=O) groups excluding carboxylic acids is 1. The van der Waals surface area contributed by atoms with E-state index in [1.807, 2.05) is 11.9 Å². The highest BCUT2D eigenvalue weighted by atomic mass is 32.2. The highest BCUT2D eigenvalue weighted by Gasteiger charge is 2.34. The molecule has 1 amide bonds. The fourth-order valence-corrected chi connectivity index (χ4v) is 3.51. The van der Waals surface area contributed by atoms with Crippen molar-refractivity contribution in [3.63, 3.8) is 0 Å². The Hall–Kier alpha value is -2.01. The van der Waals surface area contributed by atoms with Crippen LogP contribution in [0.3, 0.4) is 0 Å². The first kappa shape index (κ1) is 19.3. The van der Waals surface area contributed by atoms with Gasteiger partial charge in [0.15, 0.2) is 0 Å². The maximum atomic E-state index is 12.7. The van der Waals surface area contributed by atoms with Gasteiger partial charge < -0.3 is 9.80 Å². The molecule has 1 heterocycles. The van der Waals surface area contributed by atoms with Crippen LogP contribution in [0, 0.1) is 10.1 Å². The number of nitro groups is 1. The second kappa shape index (κ2) is 7.48. The number of halogens is 3. The van der Waals surface area contributed by atoms with Gasteiger partial charge in [-0.15, -0.1) is 0 Å². The van der Waals surface area contributed by atoms with E-state index in [1.54, 1.807) is 0 Å². The van der Waals surface area contributed by atoms with Crippen molar-refractivity contribution in [1.29, 1.82) is 0 Å². The Labute approximate surface area is 144 Å². The molecule has 0 radical (unpaired) electrons. The molecule has 1 aliphatic heterocycles. The van der Waals surface area contributed by atoms with Gasteiger partial charge in [-0.1, -0.05) is 0 Å². The first-order chi connectivity index (χ1) is 11.6. The molecule has 1 saturated heterocycles. The van der Waals surface area contributed by atoms with E-state index < -0.39 is 44.8 Å². The number of carbonyl (C=O) groups is 1. The summed E-state index contributed by atoms with van der Waals surface area (Å²) in [6.45, 7) is 2.20. The second-order valence-corrected chi connectivity index (χ2v) is 7.03. The Morgan fingerprint density at radius 1 is 1.28 bits per heavy atom. The molecule has 1 aromatic carbocycles. The van der Waals surface area contributed by atoms with Crippen molar-refractivity contribution < 1.29 is 27.1 Å². The number of alkyl halides is 3. The quantitative estimate of drug-likeness (QED) is 0.585. The maximum absolute atomic E-state index is 12.7. The van der Waals surface area contributed by atoms with E-state index in [-0.39, 0.29) is 4.90 Å². The van der Waals surface area contributed by atoms with Crippen LogP contribution < -0.4 is 0 Å². The molecule has 25 heavy (non-hydrogen) atoms. The van der Waals surface area contributed by atoms with Crippen molar-refractivity contribution in [3.05, 3.63) is 33.9 Å². The summed E-state index contributed by atoms with van der Waals surface area (Å²) in [4.78, 5) is 25.3. The Kier molecular flexibility index (Phi) is 5.78. The van der Waals surface area contributed by atoms with Crippen LogP contribution in [0.5, 0.6) is 0 Å². The second-order valence-electron chi connectivity index (χ2n) is 5.61. The molecule has 1 aliphatic rings. The van der Waals surface area contributed by atoms with Gasteiger partial charge in [-0.2, -0.15) is 13.2 Å². The van der Waals surface area contributed by atoms with Crippen molar-refractivity contribution in [2.45, 2.75) is 11.1 Å². The van der Waals surface area contributed by atoms with Crippen molar-refractivity contribution >= 4 is 22.4 Å². The van der Waals surface area contributed by atoms with Crippen molar-refractivity contribution in [2.75, 3.05) is 39.0 Å². The van der Waals surface area contributed by atoms with Gasteiger partial charge in [0.1, 0.15) is 10.6 Å². The van der Waals surface area contributed by atoms with E-state index in [1.165, 1.54) is 4.90 Å². The summed E-state index contributed by atoms with van der Waals surface area (Å²) in [7, 11) is -0.211.